The number of carbonyl (C=O) groups is 2. The Hall–Kier alpha value is -2.22. The number of hydroxylamine groups is 1. The number of ether oxygens (including phenoxy) is 1. The molecule has 0 aliphatic carbocycles. The number of piperidine rings is 1. The zero-order valence-corrected chi connectivity index (χ0v) is 14.3. The minimum Gasteiger partial charge on any atom is -0.444 e. The van der Waals surface area contributed by atoms with Gasteiger partial charge in [-0.25, -0.2) is 20.2 Å². The Morgan fingerprint density at radius 2 is 1.88 bits per heavy atom. The van der Waals surface area contributed by atoms with E-state index >= 15 is 0 Å². The van der Waals surface area contributed by atoms with Crippen LogP contribution in [0.3, 0.4) is 0 Å². The van der Waals surface area contributed by atoms with E-state index in [4.69, 9.17) is 9.94 Å². The van der Waals surface area contributed by atoms with Crippen molar-refractivity contribution in [3.05, 3.63) is 23.8 Å². The van der Waals surface area contributed by atoms with Gasteiger partial charge in [-0.2, -0.15) is 0 Å². The van der Waals surface area contributed by atoms with Crippen LogP contribution in [0.1, 0.15) is 49.8 Å². The fourth-order valence-corrected chi connectivity index (χ4v) is 2.55. The molecule has 0 spiro atoms. The summed E-state index contributed by atoms with van der Waals surface area (Å²) in [5, 5.41) is 8.56. The molecule has 1 aliphatic heterocycles. The standard InChI is InChI=1S/C16H24N4O4/c1-16(2,3)24-15(22)20-6-4-11(5-7-20)8-13-17-9-12(10-18-13)14(21)19-23/h9-11,23H,4-8H2,1-3H3,(H,19,21). The average Bonchev–Trinajstić information content (AvgIpc) is 2.54. The number of hydrogen-bond acceptors (Lipinski definition) is 6. The first-order valence-electron chi connectivity index (χ1n) is 8.02. The van der Waals surface area contributed by atoms with Crippen molar-refractivity contribution >= 4 is 12.0 Å². The smallest absolute Gasteiger partial charge is 0.410 e. The van der Waals surface area contributed by atoms with Gasteiger partial charge in [0.1, 0.15) is 11.4 Å². The second kappa shape index (κ2) is 7.57. The van der Waals surface area contributed by atoms with Crippen molar-refractivity contribution in [3.8, 4) is 0 Å². The maximum Gasteiger partial charge on any atom is 0.410 e. The topological polar surface area (TPSA) is 105 Å². The van der Waals surface area contributed by atoms with Crippen LogP contribution in [-0.4, -0.2) is 50.8 Å². The Labute approximate surface area is 141 Å². The molecule has 132 valence electrons. The SMILES string of the molecule is CC(C)(C)OC(=O)N1CCC(Cc2ncc(C(=O)NO)cn2)CC1. The van der Waals surface area contributed by atoms with E-state index in [1.54, 1.807) is 10.4 Å². The highest BCUT2D eigenvalue weighted by molar-refractivity contribution is 5.92. The highest BCUT2D eigenvalue weighted by Crippen LogP contribution is 2.22. The van der Waals surface area contributed by atoms with Gasteiger partial charge in [-0.05, 0) is 39.5 Å². The van der Waals surface area contributed by atoms with E-state index in [0.717, 1.165) is 12.8 Å². The zero-order chi connectivity index (χ0) is 17.7. The van der Waals surface area contributed by atoms with E-state index in [9.17, 15) is 9.59 Å². The molecule has 0 unspecified atom stereocenters. The first-order valence-corrected chi connectivity index (χ1v) is 8.02. The molecule has 2 N–H and O–H groups in total. The van der Waals surface area contributed by atoms with E-state index in [0.29, 0.717) is 31.3 Å². The van der Waals surface area contributed by atoms with Gasteiger partial charge < -0.3 is 9.64 Å². The van der Waals surface area contributed by atoms with Gasteiger partial charge in [-0.15, -0.1) is 0 Å². The lowest BCUT2D eigenvalue weighted by Gasteiger charge is -2.33. The van der Waals surface area contributed by atoms with Gasteiger partial charge in [-0.3, -0.25) is 10.0 Å². The van der Waals surface area contributed by atoms with Gasteiger partial charge >= 0.3 is 6.09 Å². The minimum absolute atomic E-state index is 0.209. The summed E-state index contributed by atoms with van der Waals surface area (Å²) in [4.78, 5) is 33.3. The maximum absolute atomic E-state index is 12.0. The number of rotatable bonds is 3. The predicted octanol–water partition coefficient (Wildman–Crippen LogP) is 1.79. The van der Waals surface area contributed by atoms with Gasteiger partial charge in [-0.1, -0.05) is 0 Å². The third kappa shape index (κ3) is 5.16. The van der Waals surface area contributed by atoms with Crippen LogP contribution in [0.4, 0.5) is 4.79 Å². The van der Waals surface area contributed by atoms with E-state index in [1.807, 2.05) is 20.8 Å². The van der Waals surface area contributed by atoms with Crippen molar-refractivity contribution in [2.45, 2.75) is 45.6 Å². The summed E-state index contributed by atoms with van der Waals surface area (Å²) < 4.78 is 5.38. The van der Waals surface area contributed by atoms with Gasteiger partial charge in [0.15, 0.2) is 0 Å². The molecule has 2 amide bonds. The second-order valence-electron chi connectivity index (χ2n) is 6.94. The first kappa shape index (κ1) is 18.1. The Morgan fingerprint density at radius 1 is 1.29 bits per heavy atom. The van der Waals surface area contributed by atoms with Crippen LogP contribution in [0.5, 0.6) is 0 Å². The van der Waals surface area contributed by atoms with Crippen molar-refractivity contribution in [3.63, 3.8) is 0 Å². The molecule has 1 saturated heterocycles. The molecule has 0 radical (unpaired) electrons. The Bertz CT molecular complexity index is 575. The van der Waals surface area contributed by atoms with Crippen molar-refractivity contribution in [1.82, 2.24) is 20.3 Å². The molecule has 24 heavy (non-hydrogen) atoms. The molecule has 2 rings (SSSR count). The van der Waals surface area contributed by atoms with Crippen LogP contribution in [0.2, 0.25) is 0 Å². The van der Waals surface area contributed by atoms with E-state index in [2.05, 4.69) is 9.97 Å². The quantitative estimate of drug-likeness (QED) is 0.644. The third-order valence-corrected chi connectivity index (χ3v) is 3.81. The average molecular weight is 336 g/mol. The molecule has 0 bridgehead atoms. The number of hydrogen-bond donors (Lipinski definition) is 2. The monoisotopic (exact) mass is 336 g/mol. The van der Waals surface area contributed by atoms with Crippen molar-refractivity contribution in [2.75, 3.05) is 13.1 Å². The van der Waals surface area contributed by atoms with Crippen molar-refractivity contribution < 1.29 is 19.5 Å². The molecule has 1 aromatic heterocycles. The molecule has 0 atom stereocenters. The van der Waals surface area contributed by atoms with Crippen LogP contribution < -0.4 is 5.48 Å². The van der Waals surface area contributed by atoms with Crippen LogP contribution in [-0.2, 0) is 11.2 Å². The van der Waals surface area contributed by atoms with Gasteiger partial charge in [0.2, 0.25) is 0 Å². The van der Waals surface area contributed by atoms with Crippen molar-refractivity contribution in [1.29, 1.82) is 0 Å². The summed E-state index contributed by atoms with van der Waals surface area (Å²) in [6.45, 7) is 6.89. The van der Waals surface area contributed by atoms with Crippen molar-refractivity contribution in [2.24, 2.45) is 5.92 Å². The summed E-state index contributed by atoms with van der Waals surface area (Å²) >= 11 is 0. The number of nitrogens with zero attached hydrogens (tertiary/aromatic N) is 3. The molecule has 2 heterocycles. The molecular formula is C16H24N4O4. The molecule has 1 aromatic rings. The summed E-state index contributed by atoms with van der Waals surface area (Å²) in [7, 11) is 0. The Morgan fingerprint density at radius 3 is 2.38 bits per heavy atom. The Balaban J connectivity index is 1.82. The lowest BCUT2D eigenvalue weighted by Crippen LogP contribution is -2.42. The predicted molar refractivity (Wildman–Crippen MR) is 85.5 cm³/mol. The molecule has 1 fully saturated rings. The van der Waals surface area contributed by atoms with Crippen LogP contribution in [0, 0.1) is 5.92 Å². The summed E-state index contributed by atoms with van der Waals surface area (Å²) in [6.07, 6.45) is 4.94. The van der Waals surface area contributed by atoms with Crippen LogP contribution >= 0.6 is 0 Å². The number of likely N-dealkylation sites (tertiary alicyclic amines) is 1. The lowest BCUT2D eigenvalue weighted by atomic mass is 9.93. The number of amides is 2. The van der Waals surface area contributed by atoms with Gasteiger partial charge in [0.25, 0.3) is 5.91 Å². The minimum atomic E-state index is -0.632. The Kier molecular flexibility index (Phi) is 5.71. The fraction of sp³-hybridized carbons (Fsp3) is 0.625. The maximum atomic E-state index is 12.0. The van der Waals surface area contributed by atoms with Gasteiger partial charge in [0.05, 0.1) is 5.56 Å². The summed E-state index contributed by atoms with van der Waals surface area (Å²) in [6, 6.07) is 0. The molecule has 0 saturated carbocycles. The molecule has 0 aromatic carbocycles. The summed E-state index contributed by atoms with van der Waals surface area (Å²) in [5.74, 6) is 0.411. The molecule has 8 nitrogen and oxygen atoms in total. The number of carbonyl (C=O) groups excluding carboxylic acids is 2. The summed E-state index contributed by atoms with van der Waals surface area (Å²) in [5.41, 5.74) is 1.27. The van der Waals surface area contributed by atoms with E-state index in [1.165, 1.54) is 12.4 Å². The van der Waals surface area contributed by atoms with E-state index < -0.39 is 11.5 Å². The largest absolute Gasteiger partial charge is 0.444 e. The number of aromatic nitrogens is 2. The second-order valence-corrected chi connectivity index (χ2v) is 6.94. The van der Waals surface area contributed by atoms with E-state index in [-0.39, 0.29) is 11.7 Å². The zero-order valence-electron chi connectivity index (χ0n) is 14.3. The normalized spacial score (nSPS) is 15.9. The lowest BCUT2D eigenvalue weighted by molar-refractivity contribution is 0.0183. The van der Waals surface area contributed by atoms with Crippen LogP contribution in [0.15, 0.2) is 12.4 Å². The fourth-order valence-electron chi connectivity index (χ4n) is 2.55. The molecule has 8 heteroatoms. The highest BCUT2D eigenvalue weighted by atomic mass is 16.6. The molecule has 1 aliphatic rings. The molecular weight excluding hydrogens is 312 g/mol. The highest BCUT2D eigenvalue weighted by Gasteiger charge is 2.27. The third-order valence-electron chi connectivity index (χ3n) is 3.81. The first-order chi connectivity index (χ1) is 11.3. The number of nitrogens with one attached hydrogen (secondary N) is 1. The van der Waals surface area contributed by atoms with Gasteiger partial charge in [0, 0.05) is 31.9 Å². The van der Waals surface area contributed by atoms with Crippen LogP contribution in [0.25, 0.3) is 0 Å².